The van der Waals surface area contributed by atoms with Gasteiger partial charge in [-0.3, -0.25) is 4.79 Å². The number of nitrogens with one attached hydrogen (secondary N) is 1. The Balaban J connectivity index is 1.83. The van der Waals surface area contributed by atoms with Gasteiger partial charge in [0.2, 0.25) is 0 Å². The maximum atomic E-state index is 13.2. The van der Waals surface area contributed by atoms with E-state index in [0.29, 0.717) is 33.8 Å². The first kappa shape index (κ1) is 16.4. The number of hydrogen-bond donors (Lipinski definition) is 1. The molecule has 2 aromatic heterocycles. The maximum absolute atomic E-state index is 13.2. The molecule has 28 heavy (non-hydrogen) atoms. The molecule has 1 aliphatic carbocycles. The van der Waals surface area contributed by atoms with Crippen LogP contribution in [0.3, 0.4) is 0 Å². The molecule has 0 atom stereocenters. The van der Waals surface area contributed by atoms with Crippen LogP contribution in [0.25, 0.3) is 21.7 Å². The van der Waals surface area contributed by atoms with E-state index in [1.165, 1.54) is 11.3 Å². The number of thiophene rings is 1. The molecule has 1 N–H and O–H groups in total. The zero-order chi connectivity index (χ0) is 19.1. The van der Waals surface area contributed by atoms with Crippen molar-refractivity contribution in [1.29, 1.82) is 5.26 Å². The Kier molecular flexibility index (Phi) is 3.78. The summed E-state index contributed by atoms with van der Waals surface area (Å²) in [6.45, 7) is 0. The van der Waals surface area contributed by atoms with Gasteiger partial charge in [0, 0.05) is 27.3 Å². The minimum atomic E-state index is -0.0794. The molecule has 0 bridgehead atoms. The van der Waals surface area contributed by atoms with Crippen LogP contribution in [0.1, 0.15) is 21.5 Å². The van der Waals surface area contributed by atoms with Crippen LogP contribution in [0.15, 0.2) is 72.1 Å². The Hall–Kier alpha value is -3.75. The number of nitrogens with zero attached hydrogens (tertiary/aromatic N) is 2. The lowest BCUT2D eigenvalue weighted by atomic mass is 9.98. The fourth-order valence-electron chi connectivity index (χ4n) is 3.55. The van der Waals surface area contributed by atoms with E-state index in [-0.39, 0.29) is 5.78 Å². The molecule has 0 aliphatic heterocycles. The Bertz CT molecular complexity index is 1260. The lowest BCUT2D eigenvalue weighted by Gasteiger charge is -2.14. The van der Waals surface area contributed by atoms with Gasteiger partial charge in [-0.25, -0.2) is 4.98 Å². The summed E-state index contributed by atoms with van der Waals surface area (Å²) in [5.74, 6) is 0.379. The first-order valence-corrected chi connectivity index (χ1v) is 9.64. The minimum Gasteiger partial charge on any atom is -0.339 e. The summed E-state index contributed by atoms with van der Waals surface area (Å²) >= 11 is 1.51. The monoisotopic (exact) mass is 379 g/mol. The third kappa shape index (κ3) is 2.43. The normalized spacial score (nSPS) is 11.6. The van der Waals surface area contributed by atoms with Crippen LogP contribution < -0.4 is 5.32 Å². The first-order chi connectivity index (χ1) is 13.8. The van der Waals surface area contributed by atoms with Crippen molar-refractivity contribution in [3.05, 3.63) is 88.8 Å². The highest BCUT2D eigenvalue weighted by molar-refractivity contribution is 7.13. The molecule has 5 rings (SSSR count). The summed E-state index contributed by atoms with van der Waals surface area (Å²) in [7, 11) is 0. The Labute approximate surface area is 165 Å². The number of benzene rings is 2. The van der Waals surface area contributed by atoms with Crippen LogP contribution in [0.2, 0.25) is 0 Å². The Morgan fingerprint density at radius 3 is 2.36 bits per heavy atom. The topological polar surface area (TPSA) is 65.8 Å². The Morgan fingerprint density at radius 2 is 1.64 bits per heavy atom. The van der Waals surface area contributed by atoms with E-state index in [9.17, 15) is 10.1 Å². The summed E-state index contributed by atoms with van der Waals surface area (Å²) < 4.78 is 0. The second-order valence-electron chi connectivity index (χ2n) is 6.39. The maximum Gasteiger partial charge on any atom is 0.196 e. The van der Waals surface area contributed by atoms with E-state index in [2.05, 4.69) is 11.4 Å². The van der Waals surface area contributed by atoms with Gasteiger partial charge in [-0.2, -0.15) is 5.26 Å². The smallest absolute Gasteiger partial charge is 0.196 e. The van der Waals surface area contributed by atoms with Crippen molar-refractivity contribution < 1.29 is 4.79 Å². The standard InChI is InChI=1S/C23H13N3OS/c24-13-17-19(18-11-6-12-28-18)20-21(15-9-4-5-10-16(15)22(20)27)26-23(17)25-14-7-2-1-3-8-14/h1-12H,(H,25,26). The van der Waals surface area contributed by atoms with Gasteiger partial charge in [0.25, 0.3) is 0 Å². The summed E-state index contributed by atoms with van der Waals surface area (Å²) in [5.41, 5.74) is 4.44. The van der Waals surface area contributed by atoms with Crippen LogP contribution in [-0.4, -0.2) is 10.8 Å². The van der Waals surface area contributed by atoms with Gasteiger partial charge in [-0.1, -0.05) is 48.5 Å². The van der Waals surface area contributed by atoms with Crippen molar-refractivity contribution in [3.63, 3.8) is 0 Å². The highest BCUT2D eigenvalue weighted by atomic mass is 32.1. The molecule has 0 saturated heterocycles. The number of para-hydroxylation sites is 1. The van der Waals surface area contributed by atoms with Crippen molar-refractivity contribution >= 4 is 28.6 Å². The molecular weight excluding hydrogens is 366 g/mol. The van der Waals surface area contributed by atoms with Gasteiger partial charge < -0.3 is 5.32 Å². The van der Waals surface area contributed by atoms with E-state index < -0.39 is 0 Å². The van der Waals surface area contributed by atoms with Gasteiger partial charge in [-0.05, 0) is 23.6 Å². The predicted molar refractivity (Wildman–Crippen MR) is 111 cm³/mol. The van der Waals surface area contributed by atoms with Crippen LogP contribution in [0.4, 0.5) is 11.5 Å². The largest absolute Gasteiger partial charge is 0.339 e. The summed E-state index contributed by atoms with van der Waals surface area (Å²) in [6.07, 6.45) is 0. The van der Waals surface area contributed by atoms with Gasteiger partial charge in [-0.15, -0.1) is 11.3 Å². The molecule has 0 spiro atoms. The second kappa shape index (κ2) is 6.45. The fraction of sp³-hybridized carbons (Fsp3) is 0. The highest BCUT2D eigenvalue weighted by Gasteiger charge is 2.34. The third-order valence-corrected chi connectivity index (χ3v) is 5.65. The van der Waals surface area contributed by atoms with E-state index in [4.69, 9.17) is 4.98 Å². The molecule has 2 heterocycles. The third-order valence-electron chi connectivity index (χ3n) is 4.77. The average molecular weight is 379 g/mol. The predicted octanol–water partition coefficient (Wildman–Crippen LogP) is 5.64. The number of pyridine rings is 1. The fourth-order valence-corrected chi connectivity index (χ4v) is 4.33. The molecule has 0 radical (unpaired) electrons. The van der Waals surface area contributed by atoms with Crippen molar-refractivity contribution in [2.45, 2.75) is 0 Å². The number of rotatable bonds is 3. The molecule has 2 aromatic carbocycles. The lowest BCUT2D eigenvalue weighted by molar-refractivity contribution is 0.104. The molecule has 0 amide bonds. The zero-order valence-corrected chi connectivity index (χ0v) is 15.5. The Morgan fingerprint density at radius 1 is 0.893 bits per heavy atom. The van der Waals surface area contributed by atoms with Crippen LogP contribution >= 0.6 is 11.3 Å². The second-order valence-corrected chi connectivity index (χ2v) is 7.34. The minimum absolute atomic E-state index is 0.0794. The zero-order valence-electron chi connectivity index (χ0n) is 14.6. The highest BCUT2D eigenvalue weighted by Crippen LogP contribution is 2.45. The summed E-state index contributed by atoms with van der Waals surface area (Å²) in [6, 6.07) is 23.2. The molecule has 132 valence electrons. The number of carbonyl (C=O) groups is 1. The SMILES string of the molecule is N#Cc1c(Nc2ccccc2)nc2c(c1-c1cccs1)C(=O)c1ccccc1-2. The molecule has 4 nitrogen and oxygen atoms in total. The summed E-state index contributed by atoms with van der Waals surface area (Å²) in [5, 5.41) is 15.2. The van der Waals surface area contributed by atoms with Gasteiger partial charge >= 0.3 is 0 Å². The number of nitriles is 1. The van der Waals surface area contributed by atoms with E-state index in [0.717, 1.165) is 16.1 Å². The van der Waals surface area contributed by atoms with Crippen LogP contribution in [-0.2, 0) is 0 Å². The number of anilines is 2. The average Bonchev–Trinajstić information content (AvgIpc) is 3.36. The van der Waals surface area contributed by atoms with E-state index in [1.54, 1.807) is 0 Å². The van der Waals surface area contributed by atoms with Crippen molar-refractivity contribution in [1.82, 2.24) is 4.98 Å². The van der Waals surface area contributed by atoms with Crippen molar-refractivity contribution in [2.24, 2.45) is 0 Å². The number of aromatic nitrogens is 1. The molecule has 5 heteroatoms. The van der Waals surface area contributed by atoms with Crippen molar-refractivity contribution in [2.75, 3.05) is 5.32 Å². The van der Waals surface area contributed by atoms with Gasteiger partial charge in [0.05, 0.1) is 11.3 Å². The van der Waals surface area contributed by atoms with Gasteiger partial charge in [0.15, 0.2) is 5.78 Å². The van der Waals surface area contributed by atoms with E-state index >= 15 is 0 Å². The van der Waals surface area contributed by atoms with E-state index in [1.807, 2.05) is 72.1 Å². The number of fused-ring (bicyclic) bond motifs is 3. The molecule has 0 unspecified atom stereocenters. The quantitative estimate of drug-likeness (QED) is 0.441. The number of carbonyl (C=O) groups excluding carboxylic acids is 1. The van der Waals surface area contributed by atoms with Crippen LogP contribution in [0.5, 0.6) is 0 Å². The van der Waals surface area contributed by atoms with Gasteiger partial charge in [0.1, 0.15) is 17.5 Å². The molecule has 0 saturated carbocycles. The first-order valence-electron chi connectivity index (χ1n) is 8.76. The molecular formula is C23H13N3OS. The molecule has 4 aromatic rings. The molecule has 1 aliphatic rings. The molecule has 0 fully saturated rings. The number of ketones is 1. The number of hydrogen-bond acceptors (Lipinski definition) is 5. The summed E-state index contributed by atoms with van der Waals surface area (Å²) in [4.78, 5) is 18.8. The lowest BCUT2D eigenvalue weighted by Crippen LogP contribution is -2.05. The van der Waals surface area contributed by atoms with Crippen molar-refractivity contribution in [3.8, 4) is 27.8 Å². The van der Waals surface area contributed by atoms with Crippen LogP contribution in [0, 0.1) is 11.3 Å².